The van der Waals surface area contributed by atoms with Crippen molar-refractivity contribution >= 4 is 29.3 Å². The zero-order valence-corrected chi connectivity index (χ0v) is 17.9. The Morgan fingerprint density at radius 1 is 1.19 bits per heavy atom. The Hall–Kier alpha value is -3.82. The van der Waals surface area contributed by atoms with Crippen LogP contribution in [0.3, 0.4) is 0 Å². The number of hydrogen-bond donors (Lipinski definition) is 3. The van der Waals surface area contributed by atoms with Crippen LogP contribution in [0.15, 0.2) is 48.9 Å². The maximum Gasteiger partial charge on any atom is 0.227 e. The van der Waals surface area contributed by atoms with Crippen molar-refractivity contribution in [3.05, 3.63) is 60.3 Å². The molecule has 0 saturated carbocycles. The number of nitrogens with zero attached hydrogens (tertiary/aromatic N) is 5. The number of anilines is 4. The van der Waals surface area contributed by atoms with Crippen LogP contribution in [0.5, 0.6) is 0 Å². The minimum Gasteiger partial charge on any atom is -0.356 e. The number of carbonyl (C=O) groups excluding carboxylic acids is 1. The molecule has 1 atom stereocenters. The van der Waals surface area contributed by atoms with Crippen molar-refractivity contribution in [2.75, 3.05) is 35.2 Å². The first-order valence-corrected chi connectivity index (χ1v) is 10.5. The molecule has 1 saturated heterocycles. The van der Waals surface area contributed by atoms with E-state index < -0.39 is 0 Å². The molecule has 3 aromatic rings. The summed E-state index contributed by atoms with van der Waals surface area (Å²) in [5.74, 6) is 1.92. The van der Waals surface area contributed by atoms with Crippen LogP contribution in [-0.2, 0) is 4.79 Å². The number of aromatic nitrogens is 4. The van der Waals surface area contributed by atoms with Gasteiger partial charge in [-0.2, -0.15) is 9.97 Å². The van der Waals surface area contributed by atoms with Crippen molar-refractivity contribution in [2.45, 2.75) is 19.9 Å². The standard InChI is InChI=1S/C22H25FN8O/c1-3-25-21(32)16-12-31(13-16)20-10-18(28-19-11-24-8-9-26-19)29-22(30-20)27-14(2)15-4-6-17(23)7-5-15/h4-11,14,16H,3,12-13H2,1-2H3,(H,25,32)(H2,26,27,28,29,30)/t14-/m0/s1. The Bertz CT molecular complexity index is 1060. The minimum absolute atomic E-state index is 0.0546. The summed E-state index contributed by atoms with van der Waals surface area (Å²) < 4.78 is 13.3. The van der Waals surface area contributed by atoms with Gasteiger partial charge in [0.2, 0.25) is 11.9 Å². The summed E-state index contributed by atoms with van der Waals surface area (Å²) in [5.41, 5.74) is 0.907. The first-order chi connectivity index (χ1) is 15.5. The third kappa shape index (κ3) is 5.08. The summed E-state index contributed by atoms with van der Waals surface area (Å²) >= 11 is 0. The summed E-state index contributed by atoms with van der Waals surface area (Å²) in [5, 5.41) is 9.28. The molecule has 1 amide bonds. The van der Waals surface area contributed by atoms with Gasteiger partial charge in [0.05, 0.1) is 18.2 Å². The molecule has 1 aliphatic rings. The average Bonchev–Trinajstić information content (AvgIpc) is 2.74. The number of halogens is 1. The molecule has 0 aliphatic carbocycles. The molecule has 1 aromatic carbocycles. The number of nitrogens with one attached hydrogen (secondary N) is 3. The predicted molar refractivity (Wildman–Crippen MR) is 120 cm³/mol. The predicted octanol–water partition coefficient (Wildman–Crippen LogP) is 2.89. The minimum atomic E-state index is -0.283. The lowest BCUT2D eigenvalue weighted by Crippen LogP contribution is -2.54. The van der Waals surface area contributed by atoms with E-state index in [0.717, 1.165) is 5.56 Å². The maximum absolute atomic E-state index is 13.3. The fraction of sp³-hybridized carbons (Fsp3) is 0.318. The van der Waals surface area contributed by atoms with Gasteiger partial charge in [-0.05, 0) is 31.5 Å². The van der Waals surface area contributed by atoms with Gasteiger partial charge in [0.15, 0.2) is 0 Å². The lowest BCUT2D eigenvalue weighted by molar-refractivity contribution is -0.125. The zero-order valence-electron chi connectivity index (χ0n) is 17.9. The number of hydrogen-bond acceptors (Lipinski definition) is 8. The topological polar surface area (TPSA) is 108 Å². The molecule has 10 heteroatoms. The van der Waals surface area contributed by atoms with E-state index in [4.69, 9.17) is 0 Å². The smallest absolute Gasteiger partial charge is 0.227 e. The van der Waals surface area contributed by atoms with E-state index in [-0.39, 0.29) is 23.7 Å². The highest BCUT2D eigenvalue weighted by atomic mass is 19.1. The Kier molecular flexibility index (Phi) is 6.39. The third-order valence-electron chi connectivity index (χ3n) is 5.17. The first-order valence-electron chi connectivity index (χ1n) is 10.5. The van der Waals surface area contributed by atoms with E-state index in [2.05, 4.69) is 35.9 Å². The highest BCUT2D eigenvalue weighted by molar-refractivity contribution is 5.81. The molecule has 0 spiro atoms. The van der Waals surface area contributed by atoms with Crippen molar-refractivity contribution in [3.8, 4) is 0 Å². The van der Waals surface area contributed by atoms with E-state index in [9.17, 15) is 9.18 Å². The molecule has 3 heterocycles. The molecular formula is C22H25FN8O. The molecule has 2 aromatic heterocycles. The fourth-order valence-electron chi connectivity index (χ4n) is 3.40. The van der Waals surface area contributed by atoms with Crippen LogP contribution < -0.4 is 20.9 Å². The van der Waals surface area contributed by atoms with Crippen LogP contribution in [0, 0.1) is 11.7 Å². The summed E-state index contributed by atoms with van der Waals surface area (Å²) in [6.07, 6.45) is 4.78. The number of carbonyl (C=O) groups is 1. The normalized spacial score (nSPS) is 14.4. The monoisotopic (exact) mass is 436 g/mol. The van der Waals surface area contributed by atoms with Crippen LogP contribution in [0.1, 0.15) is 25.5 Å². The van der Waals surface area contributed by atoms with Gasteiger partial charge >= 0.3 is 0 Å². The summed E-state index contributed by atoms with van der Waals surface area (Å²) in [7, 11) is 0. The van der Waals surface area contributed by atoms with Crippen molar-refractivity contribution < 1.29 is 9.18 Å². The van der Waals surface area contributed by atoms with Gasteiger partial charge in [0.25, 0.3) is 0 Å². The summed E-state index contributed by atoms with van der Waals surface area (Å²) in [4.78, 5) is 31.6. The highest BCUT2D eigenvalue weighted by Crippen LogP contribution is 2.28. The molecule has 9 nitrogen and oxygen atoms in total. The molecule has 32 heavy (non-hydrogen) atoms. The molecule has 1 aliphatic heterocycles. The van der Waals surface area contributed by atoms with Gasteiger partial charge < -0.3 is 20.9 Å². The van der Waals surface area contributed by atoms with Crippen LogP contribution >= 0.6 is 0 Å². The van der Waals surface area contributed by atoms with E-state index in [1.807, 2.05) is 24.8 Å². The van der Waals surface area contributed by atoms with Crippen molar-refractivity contribution in [3.63, 3.8) is 0 Å². The SMILES string of the molecule is CCNC(=O)C1CN(c2cc(Nc3cnccn3)nc(N[C@@H](C)c3ccc(F)cc3)n2)C1. The first kappa shape index (κ1) is 21.4. The lowest BCUT2D eigenvalue weighted by atomic mass is 9.99. The van der Waals surface area contributed by atoms with Gasteiger partial charge in [-0.3, -0.25) is 9.78 Å². The van der Waals surface area contributed by atoms with Crippen LogP contribution in [0.25, 0.3) is 0 Å². The Morgan fingerprint density at radius 2 is 1.97 bits per heavy atom. The van der Waals surface area contributed by atoms with E-state index >= 15 is 0 Å². The number of benzene rings is 1. The molecule has 0 bridgehead atoms. The van der Waals surface area contributed by atoms with Gasteiger partial charge in [-0.15, -0.1) is 0 Å². The highest BCUT2D eigenvalue weighted by Gasteiger charge is 2.33. The third-order valence-corrected chi connectivity index (χ3v) is 5.17. The van der Waals surface area contributed by atoms with Gasteiger partial charge in [-0.1, -0.05) is 12.1 Å². The molecular weight excluding hydrogens is 411 g/mol. The molecule has 4 rings (SSSR count). The summed E-state index contributed by atoms with van der Waals surface area (Å²) in [6.45, 7) is 5.64. The Labute approximate surface area is 185 Å². The maximum atomic E-state index is 13.3. The Morgan fingerprint density at radius 3 is 2.66 bits per heavy atom. The summed E-state index contributed by atoms with van der Waals surface area (Å²) in [6, 6.07) is 7.97. The quantitative estimate of drug-likeness (QED) is 0.495. The van der Waals surface area contributed by atoms with Crippen LogP contribution in [-0.4, -0.2) is 45.5 Å². The van der Waals surface area contributed by atoms with E-state index in [1.165, 1.54) is 12.1 Å². The van der Waals surface area contributed by atoms with Gasteiger partial charge in [0, 0.05) is 38.1 Å². The van der Waals surface area contributed by atoms with Crippen molar-refractivity contribution in [1.29, 1.82) is 0 Å². The zero-order chi connectivity index (χ0) is 22.5. The van der Waals surface area contributed by atoms with E-state index in [1.54, 1.807) is 30.7 Å². The second-order valence-corrected chi connectivity index (χ2v) is 7.56. The molecule has 166 valence electrons. The molecule has 0 radical (unpaired) electrons. The molecule has 1 fully saturated rings. The number of amides is 1. The largest absolute Gasteiger partial charge is 0.356 e. The van der Waals surface area contributed by atoms with Gasteiger partial charge in [0.1, 0.15) is 23.3 Å². The molecule has 0 unspecified atom stereocenters. The van der Waals surface area contributed by atoms with Crippen molar-refractivity contribution in [1.82, 2.24) is 25.3 Å². The second-order valence-electron chi connectivity index (χ2n) is 7.56. The average molecular weight is 436 g/mol. The number of rotatable bonds is 8. The Balaban J connectivity index is 1.55. The van der Waals surface area contributed by atoms with Crippen LogP contribution in [0.4, 0.5) is 27.8 Å². The van der Waals surface area contributed by atoms with E-state index in [0.29, 0.717) is 43.0 Å². The second kappa shape index (κ2) is 9.54. The fourth-order valence-corrected chi connectivity index (χ4v) is 3.40. The van der Waals surface area contributed by atoms with Crippen LogP contribution in [0.2, 0.25) is 0 Å². The lowest BCUT2D eigenvalue weighted by Gasteiger charge is -2.39. The van der Waals surface area contributed by atoms with Crippen molar-refractivity contribution in [2.24, 2.45) is 5.92 Å². The molecule has 3 N–H and O–H groups in total. The van der Waals surface area contributed by atoms with Gasteiger partial charge in [-0.25, -0.2) is 9.37 Å².